The lowest BCUT2D eigenvalue weighted by atomic mass is 10.0. The van der Waals surface area contributed by atoms with Gasteiger partial charge in [0.2, 0.25) is 15.9 Å². The Bertz CT molecular complexity index is 1450. The second-order valence-electron chi connectivity index (χ2n) is 10.7. The van der Waals surface area contributed by atoms with Crippen LogP contribution in [0.3, 0.4) is 0 Å². The van der Waals surface area contributed by atoms with E-state index in [4.69, 9.17) is 4.42 Å². The number of amides is 1. The molecule has 8 nitrogen and oxygen atoms in total. The number of fused-ring (bicyclic) bond motifs is 3. The van der Waals surface area contributed by atoms with E-state index in [1.54, 1.807) is 38.1 Å². The van der Waals surface area contributed by atoms with Gasteiger partial charge in [-0.15, -0.1) is 0 Å². The van der Waals surface area contributed by atoms with Crippen LogP contribution in [0.5, 0.6) is 0 Å². The van der Waals surface area contributed by atoms with Crippen molar-refractivity contribution in [3.05, 3.63) is 36.4 Å². The van der Waals surface area contributed by atoms with Gasteiger partial charge in [-0.25, -0.2) is 8.42 Å². The van der Waals surface area contributed by atoms with Gasteiger partial charge < -0.3 is 14.8 Å². The average Bonchev–Trinajstić information content (AvgIpc) is 3.24. The quantitative estimate of drug-likeness (QED) is 0.233. The molecule has 0 spiro atoms. The molecule has 1 atom stereocenters. The fourth-order valence-corrected chi connectivity index (χ4v) is 8.35. The van der Waals surface area contributed by atoms with Gasteiger partial charge >= 0.3 is 5.97 Å². The molecule has 1 aliphatic rings. The predicted octanol–water partition coefficient (Wildman–Crippen LogP) is 6.63. The van der Waals surface area contributed by atoms with E-state index in [1.165, 1.54) is 43.5 Å². The second-order valence-corrected chi connectivity index (χ2v) is 14.3. The van der Waals surface area contributed by atoms with E-state index in [0.29, 0.717) is 34.4 Å². The molecule has 2 heterocycles. The van der Waals surface area contributed by atoms with Crippen molar-refractivity contribution >= 4 is 61.3 Å². The number of rotatable bonds is 12. The average molecular weight is 575 g/mol. The van der Waals surface area contributed by atoms with Gasteiger partial charge in [0.25, 0.3) is 0 Å². The van der Waals surface area contributed by atoms with Crippen molar-refractivity contribution in [3.8, 4) is 0 Å². The minimum atomic E-state index is -4.07. The summed E-state index contributed by atoms with van der Waals surface area (Å²) in [5.41, 5.74) is 1.67. The van der Waals surface area contributed by atoms with E-state index >= 15 is 0 Å². The van der Waals surface area contributed by atoms with E-state index in [-0.39, 0.29) is 17.3 Å². The maximum Gasteiger partial charge on any atom is 0.323 e. The van der Waals surface area contributed by atoms with Crippen LogP contribution in [-0.2, 0) is 19.6 Å². The normalized spacial score (nSPS) is 18.0. The van der Waals surface area contributed by atoms with Crippen LogP contribution in [0.2, 0.25) is 0 Å². The zero-order valence-electron chi connectivity index (χ0n) is 22.9. The molecule has 3 aromatic rings. The number of anilines is 1. The van der Waals surface area contributed by atoms with Gasteiger partial charge in [-0.2, -0.15) is 16.1 Å². The number of carboxylic acid groups (broad SMARTS) is 1. The number of benzene rings is 2. The first-order valence-electron chi connectivity index (χ1n) is 13.7. The van der Waals surface area contributed by atoms with Crippen molar-refractivity contribution in [2.24, 2.45) is 0 Å². The highest BCUT2D eigenvalue weighted by molar-refractivity contribution is 8.00. The molecule has 10 heteroatoms. The fraction of sp³-hybridized carbons (Fsp3) is 0.517. The fourth-order valence-electron chi connectivity index (χ4n) is 5.23. The van der Waals surface area contributed by atoms with Crippen LogP contribution >= 0.6 is 11.8 Å². The largest absolute Gasteiger partial charge is 0.480 e. The molecule has 0 bridgehead atoms. The number of hydrogen-bond donors (Lipinski definition) is 2. The highest BCUT2D eigenvalue weighted by Gasteiger charge is 2.48. The lowest BCUT2D eigenvalue weighted by Crippen LogP contribution is -2.58. The van der Waals surface area contributed by atoms with Crippen LogP contribution in [0.1, 0.15) is 72.1 Å². The van der Waals surface area contributed by atoms with Crippen LogP contribution < -0.4 is 5.32 Å². The van der Waals surface area contributed by atoms with Crippen molar-refractivity contribution < 1.29 is 27.5 Å². The molecule has 1 aromatic heterocycles. The van der Waals surface area contributed by atoms with Gasteiger partial charge in [0.15, 0.2) is 0 Å². The summed E-state index contributed by atoms with van der Waals surface area (Å²) in [6.45, 7) is 5.84. The van der Waals surface area contributed by atoms with E-state index in [0.717, 1.165) is 29.0 Å². The van der Waals surface area contributed by atoms with E-state index in [2.05, 4.69) is 12.2 Å². The number of carbonyl (C=O) groups is 2. The number of hydrogen-bond acceptors (Lipinski definition) is 6. The molecule has 0 radical (unpaired) electrons. The lowest BCUT2D eigenvalue weighted by molar-refractivity contribution is -0.142. The van der Waals surface area contributed by atoms with Crippen molar-refractivity contribution in [3.63, 3.8) is 0 Å². The number of thioether (sulfide) groups is 1. The molecule has 1 amide bonds. The first-order chi connectivity index (χ1) is 18.5. The zero-order valence-corrected chi connectivity index (χ0v) is 24.5. The molecule has 1 aliphatic heterocycles. The number of carboxylic acids is 1. The molecular weight excluding hydrogens is 536 g/mol. The highest BCUT2D eigenvalue weighted by atomic mass is 32.2. The Morgan fingerprint density at radius 3 is 2.46 bits per heavy atom. The Balaban J connectivity index is 1.50. The van der Waals surface area contributed by atoms with Crippen LogP contribution in [0.15, 0.2) is 45.7 Å². The van der Waals surface area contributed by atoms with Crippen molar-refractivity contribution in [2.75, 3.05) is 17.6 Å². The number of nitrogens with zero attached hydrogens (tertiary/aromatic N) is 1. The number of sulfonamides is 1. The van der Waals surface area contributed by atoms with E-state index in [9.17, 15) is 23.1 Å². The number of carbonyl (C=O) groups excluding carboxylic acids is 1. The summed E-state index contributed by atoms with van der Waals surface area (Å²) in [6.07, 6.45) is 8.49. The van der Waals surface area contributed by atoms with Crippen molar-refractivity contribution in [2.45, 2.75) is 87.8 Å². The van der Waals surface area contributed by atoms with Gasteiger partial charge in [-0.1, -0.05) is 45.4 Å². The second kappa shape index (κ2) is 12.3. The summed E-state index contributed by atoms with van der Waals surface area (Å²) < 4.78 is 33.5. The smallest absolute Gasteiger partial charge is 0.323 e. The molecule has 1 fully saturated rings. The summed E-state index contributed by atoms with van der Waals surface area (Å²) in [5, 5.41) is 14.1. The van der Waals surface area contributed by atoms with Gasteiger partial charge in [-0.05, 0) is 50.6 Å². The third kappa shape index (κ3) is 6.61. The van der Waals surface area contributed by atoms with Gasteiger partial charge in [0, 0.05) is 46.0 Å². The van der Waals surface area contributed by atoms with Crippen LogP contribution in [-0.4, -0.2) is 52.8 Å². The molecule has 2 N–H and O–H groups in total. The van der Waals surface area contributed by atoms with Crippen molar-refractivity contribution in [1.82, 2.24) is 4.31 Å². The third-order valence-electron chi connectivity index (χ3n) is 7.31. The minimum Gasteiger partial charge on any atom is -0.480 e. The lowest BCUT2D eigenvalue weighted by Gasteiger charge is -2.42. The summed E-state index contributed by atoms with van der Waals surface area (Å²) >= 11 is 1.46. The summed E-state index contributed by atoms with van der Waals surface area (Å²) in [7, 11) is -4.07. The predicted molar refractivity (Wildman–Crippen MR) is 157 cm³/mol. The van der Waals surface area contributed by atoms with Crippen LogP contribution in [0, 0.1) is 0 Å². The van der Waals surface area contributed by atoms with Gasteiger partial charge in [-0.3, -0.25) is 9.59 Å². The van der Waals surface area contributed by atoms with Crippen LogP contribution in [0.4, 0.5) is 5.69 Å². The maximum atomic E-state index is 13.6. The first kappa shape index (κ1) is 29.4. The summed E-state index contributed by atoms with van der Waals surface area (Å²) in [5.74, 6) is -0.685. The Morgan fingerprint density at radius 1 is 1.03 bits per heavy atom. The Labute approximate surface area is 234 Å². The molecule has 1 saturated heterocycles. The van der Waals surface area contributed by atoms with Crippen LogP contribution in [0.25, 0.3) is 21.9 Å². The molecule has 212 valence electrons. The highest BCUT2D eigenvalue weighted by Crippen LogP contribution is 2.39. The number of nitrogens with one attached hydrogen (secondary N) is 1. The monoisotopic (exact) mass is 574 g/mol. The molecule has 0 aliphatic carbocycles. The summed E-state index contributed by atoms with van der Waals surface area (Å²) in [6, 6.07) is 8.76. The standard InChI is InChI=1S/C29H38N2O6S2/c1-4-5-6-7-8-9-10-11-26(32)30-20-12-14-22-23-19-21(13-15-24(23)37-25(22)18-20)39(35,36)31-16-17-38-29(2,3)27(31)28(33)34/h12-15,18-19,27H,4-11,16-17H2,1-3H3,(H,30,32)(H,33,34). The molecular formula is C29H38N2O6S2. The molecule has 39 heavy (non-hydrogen) atoms. The number of unbranched alkanes of at least 4 members (excludes halogenated alkanes) is 6. The maximum absolute atomic E-state index is 13.6. The van der Waals surface area contributed by atoms with Crippen molar-refractivity contribution in [1.29, 1.82) is 0 Å². The SMILES string of the molecule is CCCCCCCCCC(=O)Nc1ccc2c(c1)oc1ccc(S(=O)(=O)N3CCSC(C)(C)C3C(=O)O)cc12. The van der Waals surface area contributed by atoms with E-state index in [1.807, 2.05) is 6.07 Å². The van der Waals surface area contributed by atoms with Gasteiger partial charge in [0.05, 0.1) is 4.90 Å². The Morgan fingerprint density at radius 2 is 1.74 bits per heavy atom. The van der Waals surface area contributed by atoms with Gasteiger partial charge in [0.1, 0.15) is 17.2 Å². The topological polar surface area (TPSA) is 117 Å². The molecule has 4 rings (SSSR count). The zero-order chi connectivity index (χ0) is 28.2. The summed E-state index contributed by atoms with van der Waals surface area (Å²) in [4.78, 5) is 24.5. The Hall–Kier alpha value is -2.56. The molecule has 2 aromatic carbocycles. The molecule has 1 unspecified atom stereocenters. The Kier molecular flexibility index (Phi) is 9.29. The number of aliphatic carboxylic acids is 1. The third-order valence-corrected chi connectivity index (χ3v) is 10.5. The first-order valence-corrected chi connectivity index (χ1v) is 16.1. The number of furan rings is 1. The van der Waals surface area contributed by atoms with E-state index < -0.39 is 26.8 Å². The molecule has 0 saturated carbocycles. The minimum absolute atomic E-state index is 0.0266.